The highest BCUT2D eigenvalue weighted by Crippen LogP contribution is 2.55. The second-order valence-corrected chi connectivity index (χ2v) is 5.80. The molecule has 1 N–H and O–H groups in total. The van der Waals surface area contributed by atoms with Crippen molar-refractivity contribution in [2.75, 3.05) is 0 Å². The first-order valence-electron chi connectivity index (χ1n) is 6.47. The van der Waals surface area contributed by atoms with Crippen LogP contribution in [0.4, 0.5) is 0 Å². The lowest BCUT2D eigenvalue weighted by Crippen LogP contribution is -2.42. The quantitative estimate of drug-likeness (QED) is 0.765. The van der Waals surface area contributed by atoms with Gasteiger partial charge >= 0.3 is 0 Å². The smallest absolute Gasteiger partial charge is 0.159 e. The van der Waals surface area contributed by atoms with Gasteiger partial charge in [-0.25, -0.2) is 0 Å². The summed E-state index contributed by atoms with van der Waals surface area (Å²) >= 11 is 0. The van der Waals surface area contributed by atoms with Crippen molar-refractivity contribution in [3.63, 3.8) is 0 Å². The standard InChI is InChI=1S/C15H18O3/c1-8-7-18-12-6-10-11(16)5-4-9(2)15(10,3)14(17)13(8)12/h6-7,9,14,17H,4-5H2,1-3H3/t9-,14+,15+/m0/s1. The SMILES string of the molecule is Cc1coc2c1[C@@H](O)[C@@]1(C)C(=C2)C(=O)CC[C@@H]1C. The fourth-order valence-corrected chi connectivity index (χ4v) is 3.37. The van der Waals surface area contributed by atoms with Crippen molar-refractivity contribution in [2.24, 2.45) is 11.3 Å². The summed E-state index contributed by atoms with van der Waals surface area (Å²) in [5, 5.41) is 10.7. The molecule has 2 aliphatic carbocycles. The van der Waals surface area contributed by atoms with Gasteiger partial charge < -0.3 is 9.52 Å². The predicted molar refractivity (Wildman–Crippen MR) is 67.9 cm³/mol. The number of aliphatic hydroxyl groups is 1. The molecular weight excluding hydrogens is 228 g/mol. The first-order valence-corrected chi connectivity index (χ1v) is 6.47. The van der Waals surface area contributed by atoms with E-state index in [0.717, 1.165) is 23.1 Å². The van der Waals surface area contributed by atoms with Crippen LogP contribution in [0.2, 0.25) is 0 Å². The molecule has 0 unspecified atom stereocenters. The van der Waals surface area contributed by atoms with Gasteiger partial charge in [0.25, 0.3) is 0 Å². The number of aliphatic hydroxyl groups excluding tert-OH is 1. The molecule has 3 nitrogen and oxygen atoms in total. The molecule has 0 spiro atoms. The number of hydrogen-bond donors (Lipinski definition) is 1. The summed E-state index contributed by atoms with van der Waals surface area (Å²) in [6.07, 6.45) is 4.26. The number of furan rings is 1. The average molecular weight is 246 g/mol. The molecule has 1 heterocycles. The molecule has 0 radical (unpaired) electrons. The van der Waals surface area contributed by atoms with Gasteiger partial charge in [-0.1, -0.05) is 13.8 Å². The van der Waals surface area contributed by atoms with Crippen LogP contribution in [-0.4, -0.2) is 10.9 Å². The van der Waals surface area contributed by atoms with E-state index in [1.54, 1.807) is 6.26 Å². The van der Waals surface area contributed by atoms with Crippen molar-refractivity contribution >= 4 is 11.9 Å². The minimum Gasteiger partial charge on any atom is -0.464 e. The highest BCUT2D eigenvalue weighted by molar-refractivity contribution is 6.02. The van der Waals surface area contributed by atoms with Crippen LogP contribution in [0.3, 0.4) is 0 Å². The van der Waals surface area contributed by atoms with Gasteiger partial charge in [0.2, 0.25) is 0 Å². The van der Waals surface area contributed by atoms with Gasteiger partial charge in [-0.2, -0.15) is 0 Å². The number of fused-ring (bicyclic) bond motifs is 2. The van der Waals surface area contributed by atoms with Crippen LogP contribution in [0.1, 0.15) is 49.7 Å². The number of carbonyl (C=O) groups excluding carboxylic acids is 1. The van der Waals surface area contributed by atoms with Crippen molar-refractivity contribution in [1.29, 1.82) is 0 Å². The summed E-state index contributed by atoms with van der Waals surface area (Å²) in [4.78, 5) is 12.1. The molecule has 3 heteroatoms. The highest BCUT2D eigenvalue weighted by Gasteiger charge is 2.51. The summed E-state index contributed by atoms with van der Waals surface area (Å²) < 4.78 is 5.45. The number of rotatable bonds is 0. The van der Waals surface area contributed by atoms with Gasteiger partial charge in [0.1, 0.15) is 5.76 Å². The van der Waals surface area contributed by atoms with Crippen LogP contribution in [-0.2, 0) is 4.79 Å². The number of aryl methyl sites for hydroxylation is 1. The van der Waals surface area contributed by atoms with Crippen molar-refractivity contribution in [1.82, 2.24) is 0 Å². The average Bonchev–Trinajstić information content (AvgIpc) is 2.70. The third-order valence-corrected chi connectivity index (χ3v) is 4.88. The lowest BCUT2D eigenvalue weighted by Gasteiger charge is -2.46. The minimum absolute atomic E-state index is 0.148. The molecule has 0 amide bonds. The molecule has 1 aromatic heterocycles. The van der Waals surface area contributed by atoms with E-state index in [-0.39, 0.29) is 5.78 Å². The second kappa shape index (κ2) is 3.58. The van der Waals surface area contributed by atoms with E-state index in [2.05, 4.69) is 6.92 Å². The molecule has 0 aliphatic heterocycles. The molecule has 0 bridgehead atoms. The third kappa shape index (κ3) is 1.25. The van der Waals surface area contributed by atoms with Crippen molar-refractivity contribution < 1.29 is 14.3 Å². The van der Waals surface area contributed by atoms with Crippen LogP contribution in [0.15, 0.2) is 16.3 Å². The Bertz CT molecular complexity index is 552. The van der Waals surface area contributed by atoms with Gasteiger partial charge in [0, 0.05) is 23.0 Å². The fourth-order valence-electron chi connectivity index (χ4n) is 3.37. The van der Waals surface area contributed by atoms with Crippen LogP contribution in [0.25, 0.3) is 6.08 Å². The summed E-state index contributed by atoms with van der Waals surface area (Å²) in [5.74, 6) is 1.09. The molecule has 2 aliphatic rings. The molecule has 0 saturated heterocycles. The molecule has 3 rings (SSSR count). The van der Waals surface area contributed by atoms with Crippen molar-refractivity contribution in [3.8, 4) is 0 Å². The maximum Gasteiger partial charge on any atom is 0.159 e. The Balaban J connectivity index is 2.25. The molecule has 1 saturated carbocycles. The Morgan fingerprint density at radius 3 is 2.94 bits per heavy atom. The van der Waals surface area contributed by atoms with Gasteiger partial charge in [-0.05, 0) is 30.9 Å². The Morgan fingerprint density at radius 2 is 2.22 bits per heavy atom. The van der Waals surface area contributed by atoms with Crippen molar-refractivity contribution in [3.05, 3.63) is 28.7 Å². The minimum atomic E-state index is -0.648. The fraction of sp³-hybridized carbons (Fsp3) is 0.533. The maximum absolute atomic E-state index is 12.1. The molecular formula is C15H18O3. The van der Waals surface area contributed by atoms with Crippen molar-refractivity contribution in [2.45, 2.75) is 39.7 Å². The number of ketones is 1. The first-order chi connectivity index (χ1) is 8.46. The van der Waals surface area contributed by atoms with Gasteiger partial charge in [-0.3, -0.25) is 4.79 Å². The van der Waals surface area contributed by atoms with E-state index in [0.29, 0.717) is 18.1 Å². The molecule has 0 aromatic carbocycles. The molecule has 3 atom stereocenters. The van der Waals surface area contributed by atoms with E-state index in [9.17, 15) is 9.90 Å². The third-order valence-electron chi connectivity index (χ3n) is 4.88. The van der Waals surface area contributed by atoms with E-state index in [1.165, 1.54) is 0 Å². The first kappa shape index (κ1) is 11.7. The van der Waals surface area contributed by atoms with Crippen LogP contribution < -0.4 is 0 Å². The zero-order valence-corrected chi connectivity index (χ0v) is 11.0. The topological polar surface area (TPSA) is 50.4 Å². The Kier molecular flexibility index (Phi) is 2.33. The van der Waals surface area contributed by atoms with Crippen LogP contribution in [0, 0.1) is 18.3 Å². The lowest BCUT2D eigenvalue weighted by molar-refractivity contribution is -0.121. The van der Waals surface area contributed by atoms with Gasteiger partial charge in [0.05, 0.1) is 12.4 Å². The lowest BCUT2D eigenvalue weighted by atomic mass is 9.58. The molecule has 1 aromatic rings. The van der Waals surface area contributed by atoms with Gasteiger partial charge in [0.15, 0.2) is 5.78 Å². The van der Waals surface area contributed by atoms with E-state index in [4.69, 9.17) is 4.42 Å². The van der Waals surface area contributed by atoms with E-state index < -0.39 is 11.5 Å². The summed E-state index contributed by atoms with van der Waals surface area (Å²) in [5.41, 5.74) is 2.06. The van der Waals surface area contributed by atoms with E-state index >= 15 is 0 Å². The Hall–Kier alpha value is -1.35. The Labute approximate surface area is 106 Å². The summed E-state index contributed by atoms with van der Waals surface area (Å²) in [7, 11) is 0. The summed E-state index contributed by atoms with van der Waals surface area (Å²) in [6.45, 7) is 6.05. The predicted octanol–water partition coefficient (Wildman–Crippen LogP) is 3.02. The van der Waals surface area contributed by atoms with Gasteiger partial charge in [-0.15, -0.1) is 0 Å². The second-order valence-electron chi connectivity index (χ2n) is 5.80. The Morgan fingerprint density at radius 1 is 1.50 bits per heavy atom. The summed E-state index contributed by atoms with van der Waals surface area (Å²) in [6, 6.07) is 0. The normalized spacial score (nSPS) is 34.9. The number of Topliss-reactive ketones (excluding diaryl/α,β-unsaturated/α-hetero) is 1. The highest BCUT2D eigenvalue weighted by atomic mass is 16.3. The molecule has 1 fully saturated rings. The number of carbonyl (C=O) groups is 1. The molecule has 18 heavy (non-hydrogen) atoms. The molecule has 96 valence electrons. The zero-order valence-electron chi connectivity index (χ0n) is 11.0. The monoisotopic (exact) mass is 246 g/mol. The van der Waals surface area contributed by atoms with E-state index in [1.807, 2.05) is 19.9 Å². The number of hydrogen-bond acceptors (Lipinski definition) is 3. The van der Waals surface area contributed by atoms with Crippen LogP contribution >= 0.6 is 0 Å². The zero-order chi connectivity index (χ0) is 13.1. The maximum atomic E-state index is 12.1. The van der Waals surface area contributed by atoms with Crippen LogP contribution in [0.5, 0.6) is 0 Å². The largest absolute Gasteiger partial charge is 0.464 e.